The van der Waals surface area contributed by atoms with Crippen molar-refractivity contribution in [3.63, 3.8) is 0 Å². The Morgan fingerprint density at radius 2 is 1.75 bits per heavy atom. The van der Waals surface area contributed by atoms with Crippen LogP contribution >= 0.6 is 0 Å². The van der Waals surface area contributed by atoms with Crippen LogP contribution < -0.4 is 5.73 Å². The van der Waals surface area contributed by atoms with Gasteiger partial charge in [0.05, 0.1) is 0 Å². The van der Waals surface area contributed by atoms with E-state index in [-0.39, 0.29) is 0 Å². The molecular formula is C11H25N. The Kier molecular flexibility index (Phi) is 12.7. The van der Waals surface area contributed by atoms with Gasteiger partial charge in [0.2, 0.25) is 0 Å². The maximum atomic E-state index is 5.17. The van der Waals surface area contributed by atoms with Crippen LogP contribution in [0.1, 0.15) is 47.0 Å². The van der Waals surface area contributed by atoms with Crippen LogP contribution in [0.2, 0.25) is 0 Å². The highest BCUT2D eigenvalue weighted by atomic mass is 14.5. The standard InChI is InChI=1S/C6H14.C5H11N/c1-4-6(3)5-2;1-5(2)3-4-6/h6H,4-5H2,1-3H3;1,3-4,6H2,2H3. The Labute approximate surface area is 78.0 Å². The maximum absolute atomic E-state index is 5.17. The fourth-order valence-corrected chi connectivity index (χ4v) is 0.535. The van der Waals surface area contributed by atoms with Crippen molar-refractivity contribution < 1.29 is 0 Å². The van der Waals surface area contributed by atoms with Gasteiger partial charge in [-0.05, 0) is 25.8 Å². The number of nitrogens with two attached hydrogens (primary N) is 1. The van der Waals surface area contributed by atoms with Crippen molar-refractivity contribution >= 4 is 0 Å². The number of hydrogen-bond acceptors (Lipinski definition) is 1. The molecule has 0 aromatic heterocycles. The molecule has 0 rings (SSSR count). The first kappa shape index (κ1) is 14.2. The minimum atomic E-state index is 0.731. The first-order valence-electron chi connectivity index (χ1n) is 4.92. The van der Waals surface area contributed by atoms with E-state index in [0.29, 0.717) is 0 Å². The zero-order chi connectivity index (χ0) is 9.98. The fraction of sp³-hybridized carbons (Fsp3) is 0.818. The molecule has 1 heteroatoms. The van der Waals surface area contributed by atoms with Gasteiger partial charge in [-0.25, -0.2) is 0 Å². The van der Waals surface area contributed by atoms with E-state index in [9.17, 15) is 0 Å². The molecule has 0 unspecified atom stereocenters. The summed E-state index contributed by atoms with van der Waals surface area (Å²) in [4.78, 5) is 0. The molecule has 0 aromatic rings. The topological polar surface area (TPSA) is 26.0 Å². The van der Waals surface area contributed by atoms with Crippen molar-refractivity contribution in [1.29, 1.82) is 0 Å². The molecule has 0 aliphatic rings. The third-order valence-electron chi connectivity index (χ3n) is 1.96. The molecule has 0 bridgehead atoms. The van der Waals surface area contributed by atoms with Gasteiger partial charge in [0, 0.05) is 0 Å². The minimum Gasteiger partial charge on any atom is -0.330 e. The minimum absolute atomic E-state index is 0.731. The lowest BCUT2D eigenvalue weighted by Crippen LogP contribution is -1.97. The summed E-state index contributed by atoms with van der Waals surface area (Å²) in [5, 5.41) is 0. The Hall–Kier alpha value is -0.300. The molecule has 0 spiro atoms. The van der Waals surface area contributed by atoms with Gasteiger partial charge < -0.3 is 5.73 Å². The van der Waals surface area contributed by atoms with E-state index in [4.69, 9.17) is 5.73 Å². The van der Waals surface area contributed by atoms with E-state index in [1.165, 1.54) is 12.8 Å². The molecule has 0 saturated heterocycles. The second kappa shape index (κ2) is 10.7. The van der Waals surface area contributed by atoms with Gasteiger partial charge >= 0.3 is 0 Å². The van der Waals surface area contributed by atoms with Crippen LogP contribution in [0.4, 0.5) is 0 Å². The summed E-state index contributed by atoms with van der Waals surface area (Å²) in [5.74, 6) is 0.935. The molecule has 12 heavy (non-hydrogen) atoms. The number of rotatable bonds is 4. The molecule has 0 amide bonds. The summed E-state index contributed by atoms with van der Waals surface area (Å²) >= 11 is 0. The van der Waals surface area contributed by atoms with Gasteiger partial charge in [0.1, 0.15) is 0 Å². The van der Waals surface area contributed by atoms with Crippen LogP contribution in [-0.2, 0) is 0 Å². The summed E-state index contributed by atoms with van der Waals surface area (Å²) in [6.07, 6.45) is 3.62. The van der Waals surface area contributed by atoms with Crippen LogP contribution in [0.3, 0.4) is 0 Å². The molecule has 0 aliphatic heterocycles. The largest absolute Gasteiger partial charge is 0.330 e. The Morgan fingerprint density at radius 3 is 1.75 bits per heavy atom. The fourth-order valence-electron chi connectivity index (χ4n) is 0.535. The van der Waals surface area contributed by atoms with Crippen molar-refractivity contribution in [3.8, 4) is 0 Å². The maximum Gasteiger partial charge on any atom is -0.00402 e. The average molecular weight is 171 g/mol. The van der Waals surface area contributed by atoms with Crippen LogP contribution in [0.5, 0.6) is 0 Å². The van der Waals surface area contributed by atoms with E-state index in [2.05, 4.69) is 27.4 Å². The van der Waals surface area contributed by atoms with E-state index >= 15 is 0 Å². The van der Waals surface area contributed by atoms with Crippen molar-refractivity contribution in [3.05, 3.63) is 12.2 Å². The van der Waals surface area contributed by atoms with Crippen molar-refractivity contribution in [2.75, 3.05) is 6.54 Å². The summed E-state index contributed by atoms with van der Waals surface area (Å²) in [7, 11) is 0. The Balaban J connectivity index is 0. The Bertz CT molecular complexity index is 93.2. The zero-order valence-corrected chi connectivity index (χ0v) is 9.19. The van der Waals surface area contributed by atoms with Crippen molar-refractivity contribution in [2.24, 2.45) is 11.7 Å². The third-order valence-corrected chi connectivity index (χ3v) is 1.96. The summed E-state index contributed by atoms with van der Waals surface area (Å²) < 4.78 is 0. The van der Waals surface area contributed by atoms with Gasteiger partial charge in [-0.1, -0.05) is 39.2 Å². The molecule has 0 atom stereocenters. The SMILES string of the molecule is C=C(C)CCN.CCC(C)CC. The van der Waals surface area contributed by atoms with Crippen LogP contribution in [0.25, 0.3) is 0 Å². The highest BCUT2D eigenvalue weighted by Crippen LogP contribution is 2.02. The highest BCUT2D eigenvalue weighted by Gasteiger charge is 1.88. The molecule has 0 saturated carbocycles. The van der Waals surface area contributed by atoms with Crippen LogP contribution in [0.15, 0.2) is 12.2 Å². The van der Waals surface area contributed by atoms with Gasteiger partial charge in [-0.3, -0.25) is 0 Å². The van der Waals surface area contributed by atoms with E-state index in [1.807, 2.05) is 6.92 Å². The number of hydrogen-bond donors (Lipinski definition) is 1. The molecule has 1 nitrogen and oxygen atoms in total. The molecule has 0 heterocycles. The van der Waals surface area contributed by atoms with Gasteiger partial charge in [0.15, 0.2) is 0 Å². The van der Waals surface area contributed by atoms with E-state index in [1.54, 1.807) is 0 Å². The molecule has 0 radical (unpaired) electrons. The smallest absolute Gasteiger partial charge is 0.00402 e. The summed E-state index contributed by atoms with van der Waals surface area (Å²) in [6, 6.07) is 0. The van der Waals surface area contributed by atoms with Crippen molar-refractivity contribution in [2.45, 2.75) is 47.0 Å². The molecule has 2 N–H and O–H groups in total. The molecule has 0 aromatic carbocycles. The second-order valence-corrected chi connectivity index (χ2v) is 3.42. The van der Waals surface area contributed by atoms with E-state index < -0.39 is 0 Å². The average Bonchev–Trinajstić information content (AvgIpc) is 2.04. The molecule has 0 fully saturated rings. The predicted octanol–water partition coefficient (Wildman–Crippen LogP) is 3.35. The van der Waals surface area contributed by atoms with Crippen LogP contribution in [-0.4, -0.2) is 6.54 Å². The molecular weight excluding hydrogens is 146 g/mol. The first-order valence-corrected chi connectivity index (χ1v) is 4.92. The quantitative estimate of drug-likeness (QED) is 0.645. The first-order chi connectivity index (χ1) is 5.58. The van der Waals surface area contributed by atoms with Crippen molar-refractivity contribution in [1.82, 2.24) is 0 Å². The third kappa shape index (κ3) is 16.4. The Morgan fingerprint density at radius 1 is 1.33 bits per heavy atom. The van der Waals surface area contributed by atoms with Gasteiger partial charge in [-0.15, -0.1) is 6.58 Å². The van der Waals surface area contributed by atoms with Crippen LogP contribution in [0, 0.1) is 5.92 Å². The molecule has 0 aliphatic carbocycles. The lowest BCUT2D eigenvalue weighted by Gasteiger charge is -1.98. The zero-order valence-electron chi connectivity index (χ0n) is 9.19. The molecule has 74 valence electrons. The lowest BCUT2D eigenvalue weighted by atomic mass is 10.1. The van der Waals surface area contributed by atoms with Gasteiger partial charge in [0.25, 0.3) is 0 Å². The second-order valence-electron chi connectivity index (χ2n) is 3.42. The lowest BCUT2D eigenvalue weighted by molar-refractivity contribution is 0.544. The monoisotopic (exact) mass is 171 g/mol. The highest BCUT2D eigenvalue weighted by molar-refractivity contribution is 4.87. The predicted molar refractivity (Wildman–Crippen MR) is 58.2 cm³/mol. The summed E-state index contributed by atoms with van der Waals surface area (Å²) in [5.41, 5.74) is 6.33. The normalized spacial score (nSPS) is 9.17. The van der Waals surface area contributed by atoms with Gasteiger partial charge in [-0.2, -0.15) is 0 Å². The van der Waals surface area contributed by atoms with E-state index in [0.717, 1.165) is 24.5 Å². The summed E-state index contributed by atoms with van der Waals surface area (Å²) in [6.45, 7) is 13.1.